The first-order valence-corrected chi connectivity index (χ1v) is 11.3. The molecule has 5 N–H and O–H groups in total. The molecule has 0 aliphatic heterocycles. The fraction of sp³-hybridized carbons (Fsp3) is 0.542. The van der Waals surface area contributed by atoms with Gasteiger partial charge in [-0.3, -0.25) is 14.4 Å². The Morgan fingerprint density at radius 2 is 1.83 bits per heavy atom. The van der Waals surface area contributed by atoms with Gasteiger partial charge in [-0.05, 0) is 40.2 Å². The van der Waals surface area contributed by atoms with Crippen molar-refractivity contribution in [2.45, 2.75) is 77.6 Å². The minimum atomic E-state index is -1.51. The Balaban J connectivity index is 3.47. The number of hydrogen-bond acceptors (Lipinski definition) is 7. The van der Waals surface area contributed by atoms with Crippen LogP contribution in [0, 0.1) is 11.3 Å². The molecule has 0 spiro atoms. The number of hydrogen-bond donors (Lipinski definition) is 4. The zero-order valence-corrected chi connectivity index (χ0v) is 20.8. The summed E-state index contributed by atoms with van der Waals surface area (Å²) in [5.41, 5.74) is 4.48. The number of carbonyl (C=O) groups excluding carboxylic acids is 4. The van der Waals surface area contributed by atoms with E-state index in [2.05, 4.69) is 10.6 Å². The van der Waals surface area contributed by atoms with Gasteiger partial charge < -0.3 is 31.1 Å². The predicted molar refractivity (Wildman–Crippen MR) is 128 cm³/mol. The zero-order chi connectivity index (χ0) is 26.8. The van der Waals surface area contributed by atoms with E-state index in [4.69, 9.17) is 10.5 Å². The normalized spacial score (nSPS) is 13.5. The number of phenols is 1. The van der Waals surface area contributed by atoms with Crippen molar-refractivity contribution in [1.29, 1.82) is 5.26 Å². The smallest absolute Gasteiger partial charge is 0.408 e. The molecule has 0 aromatic heterocycles. The Labute approximate surface area is 205 Å². The summed E-state index contributed by atoms with van der Waals surface area (Å²) in [6.07, 6.45) is -0.115. The quantitative estimate of drug-likeness (QED) is 0.343. The van der Waals surface area contributed by atoms with E-state index in [-0.39, 0.29) is 17.4 Å². The highest BCUT2D eigenvalue weighted by Gasteiger charge is 2.38. The third kappa shape index (κ3) is 9.52. The molecule has 1 aromatic carbocycles. The lowest BCUT2D eigenvalue weighted by molar-refractivity contribution is -0.142. The van der Waals surface area contributed by atoms with E-state index in [1.54, 1.807) is 39.8 Å². The predicted octanol–water partition coefficient (Wildman–Crippen LogP) is 1.86. The fourth-order valence-corrected chi connectivity index (χ4v) is 3.42. The van der Waals surface area contributed by atoms with Gasteiger partial charge in [-0.1, -0.05) is 31.5 Å². The van der Waals surface area contributed by atoms with Crippen LogP contribution < -0.4 is 16.4 Å². The number of amides is 4. The van der Waals surface area contributed by atoms with Crippen molar-refractivity contribution in [2.24, 2.45) is 5.73 Å². The van der Waals surface area contributed by atoms with E-state index >= 15 is 0 Å². The van der Waals surface area contributed by atoms with Gasteiger partial charge in [-0.2, -0.15) is 5.26 Å². The van der Waals surface area contributed by atoms with E-state index < -0.39 is 54.5 Å². The topological polar surface area (TPSA) is 175 Å². The highest BCUT2D eigenvalue weighted by Crippen LogP contribution is 2.30. The molecular weight excluding hydrogens is 454 g/mol. The second-order valence-electron chi connectivity index (χ2n) is 9.15. The number of rotatable bonds is 11. The van der Waals surface area contributed by atoms with Crippen LogP contribution in [0.25, 0.3) is 0 Å². The second-order valence-corrected chi connectivity index (χ2v) is 9.15. The van der Waals surface area contributed by atoms with E-state index in [0.29, 0.717) is 6.42 Å². The first-order valence-electron chi connectivity index (χ1n) is 11.3. The lowest BCUT2D eigenvalue weighted by Gasteiger charge is -2.33. The summed E-state index contributed by atoms with van der Waals surface area (Å²) >= 11 is 0. The molecular formula is C24H35N5O6. The molecule has 4 amide bonds. The fourth-order valence-electron chi connectivity index (χ4n) is 3.42. The molecule has 0 radical (unpaired) electrons. The average Bonchev–Trinajstić information content (AvgIpc) is 2.72. The zero-order valence-electron chi connectivity index (χ0n) is 20.8. The van der Waals surface area contributed by atoms with Crippen molar-refractivity contribution < 1.29 is 29.0 Å². The number of carbonyl (C=O) groups is 4. The molecule has 0 aliphatic rings. The second kappa shape index (κ2) is 13.2. The third-order valence-electron chi connectivity index (χ3n) is 4.82. The summed E-state index contributed by atoms with van der Waals surface area (Å²) < 4.78 is 5.17. The van der Waals surface area contributed by atoms with E-state index in [1.807, 2.05) is 13.0 Å². The Kier molecular flexibility index (Phi) is 11.0. The molecule has 3 unspecified atom stereocenters. The van der Waals surface area contributed by atoms with Gasteiger partial charge in [-0.25, -0.2) is 4.79 Å². The molecule has 0 fully saturated rings. The Hall–Kier alpha value is -3.81. The number of primary amides is 1. The number of phenolic OH excluding ortho intramolecular Hbond substituents is 1. The lowest BCUT2D eigenvalue weighted by Crippen LogP contribution is -2.54. The molecule has 3 atom stereocenters. The average molecular weight is 490 g/mol. The van der Waals surface area contributed by atoms with Gasteiger partial charge in [-0.15, -0.1) is 0 Å². The molecule has 0 saturated carbocycles. The van der Waals surface area contributed by atoms with E-state index in [0.717, 1.165) is 11.3 Å². The van der Waals surface area contributed by atoms with Gasteiger partial charge in [0.15, 0.2) is 0 Å². The van der Waals surface area contributed by atoms with Crippen molar-refractivity contribution >= 4 is 23.8 Å². The summed E-state index contributed by atoms with van der Waals surface area (Å²) in [5.74, 6) is -2.71. The number of nitrogens with one attached hydrogen (secondary N) is 2. The molecule has 0 bridgehead atoms. The molecule has 0 saturated heterocycles. The van der Waals surface area contributed by atoms with Gasteiger partial charge in [0.25, 0.3) is 0 Å². The summed E-state index contributed by atoms with van der Waals surface area (Å²) in [5, 5.41) is 25.0. The maximum Gasteiger partial charge on any atom is 0.408 e. The molecule has 11 heteroatoms. The van der Waals surface area contributed by atoms with Crippen molar-refractivity contribution in [3.05, 3.63) is 29.8 Å². The monoisotopic (exact) mass is 489 g/mol. The number of aromatic hydroxyl groups is 1. The van der Waals surface area contributed by atoms with Crippen LogP contribution in [0.3, 0.4) is 0 Å². The van der Waals surface area contributed by atoms with Crippen LogP contribution in [0.15, 0.2) is 24.3 Å². The van der Waals surface area contributed by atoms with Crippen molar-refractivity contribution in [3.63, 3.8) is 0 Å². The van der Waals surface area contributed by atoms with E-state index in [9.17, 15) is 29.5 Å². The standard InChI is InChI=1S/C24H35N5O6/c1-6-9-15(2)27-21(32)20(16-10-7-8-11-18(16)30)29(13-12-25)22(33)17(14-19(26)31)28-23(34)35-24(3,4)5/h7-8,10-11,15,17,20,30H,6,9,13-14H2,1-5H3,(H2,26,31)(H,27,32)(H,28,34). The maximum absolute atomic E-state index is 13.5. The van der Waals surface area contributed by atoms with Crippen LogP contribution in [0.5, 0.6) is 5.75 Å². The molecule has 1 aromatic rings. The summed E-state index contributed by atoms with van der Waals surface area (Å²) in [6, 6.07) is 4.57. The number of benzene rings is 1. The van der Waals surface area contributed by atoms with Crippen LogP contribution in [-0.4, -0.2) is 58.1 Å². The number of nitrogens with zero attached hydrogens (tertiary/aromatic N) is 2. The SMILES string of the molecule is CCCC(C)NC(=O)C(c1ccccc1O)N(CC#N)C(=O)C(CC(N)=O)NC(=O)OC(C)(C)C. The third-order valence-corrected chi connectivity index (χ3v) is 4.82. The summed E-state index contributed by atoms with van der Waals surface area (Å²) in [4.78, 5) is 51.8. The van der Waals surface area contributed by atoms with Crippen LogP contribution in [0.2, 0.25) is 0 Å². The Morgan fingerprint density at radius 3 is 2.34 bits per heavy atom. The first-order chi connectivity index (χ1) is 16.3. The van der Waals surface area contributed by atoms with Crippen LogP contribution in [0.1, 0.15) is 65.5 Å². The molecule has 35 heavy (non-hydrogen) atoms. The molecule has 0 aliphatic carbocycles. The number of ether oxygens (including phenoxy) is 1. The molecule has 11 nitrogen and oxygen atoms in total. The number of alkyl carbamates (subject to hydrolysis) is 1. The van der Waals surface area contributed by atoms with Gasteiger partial charge in [0, 0.05) is 11.6 Å². The van der Waals surface area contributed by atoms with Crippen LogP contribution in [0.4, 0.5) is 4.79 Å². The lowest BCUT2D eigenvalue weighted by atomic mass is 10.0. The van der Waals surface area contributed by atoms with Gasteiger partial charge >= 0.3 is 6.09 Å². The largest absolute Gasteiger partial charge is 0.508 e. The molecule has 1 rings (SSSR count). The first kappa shape index (κ1) is 29.2. The van der Waals surface area contributed by atoms with Crippen molar-refractivity contribution in [1.82, 2.24) is 15.5 Å². The van der Waals surface area contributed by atoms with Crippen molar-refractivity contribution in [3.8, 4) is 11.8 Å². The summed E-state index contributed by atoms with van der Waals surface area (Å²) in [7, 11) is 0. The highest BCUT2D eigenvalue weighted by atomic mass is 16.6. The number of nitrogens with two attached hydrogens (primary N) is 1. The summed E-state index contributed by atoms with van der Waals surface area (Å²) in [6.45, 7) is 8.03. The van der Waals surface area contributed by atoms with Gasteiger partial charge in [0.2, 0.25) is 17.7 Å². The van der Waals surface area contributed by atoms with E-state index in [1.165, 1.54) is 12.1 Å². The maximum atomic E-state index is 13.5. The molecule has 0 heterocycles. The number of para-hydroxylation sites is 1. The molecule has 192 valence electrons. The van der Waals surface area contributed by atoms with Gasteiger partial charge in [0.05, 0.1) is 12.5 Å². The minimum absolute atomic E-state index is 0.0763. The minimum Gasteiger partial charge on any atom is -0.508 e. The van der Waals surface area contributed by atoms with Crippen LogP contribution >= 0.6 is 0 Å². The van der Waals surface area contributed by atoms with Crippen LogP contribution in [-0.2, 0) is 19.1 Å². The Bertz CT molecular complexity index is 952. The number of nitriles is 1. The highest BCUT2D eigenvalue weighted by molar-refractivity contribution is 5.95. The van der Waals surface area contributed by atoms with Crippen molar-refractivity contribution in [2.75, 3.05) is 6.54 Å². The Morgan fingerprint density at radius 1 is 1.20 bits per heavy atom. The van der Waals surface area contributed by atoms with Gasteiger partial charge in [0.1, 0.15) is 30.0 Å².